The smallest absolute Gasteiger partial charge is 0.153 e. The number of pyridine rings is 1. The highest BCUT2D eigenvalue weighted by Crippen LogP contribution is 2.34. The van der Waals surface area contributed by atoms with E-state index in [1.165, 1.54) is 5.56 Å². The van der Waals surface area contributed by atoms with E-state index in [4.69, 9.17) is 10.5 Å². The van der Waals surface area contributed by atoms with E-state index >= 15 is 0 Å². The molecule has 2 aromatic carbocycles. The van der Waals surface area contributed by atoms with Crippen LogP contribution in [0.15, 0.2) is 47.1 Å². The highest BCUT2D eigenvalue weighted by Gasteiger charge is 2.09. The predicted molar refractivity (Wildman–Crippen MR) is 89.8 cm³/mol. The van der Waals surface area contributed by atoms with E-state index in [9.17, 15) is 0 Å². The molecule has 106 valence electrons. The summed E-state index contributed by atoms with van der Waals surface area (Å²) in [6.07, 6.45) is 1.75. The first-order chi connectivity index (χ1) is 10.0. The second kappa shape index (κ2) is 5.37. The zero-order valence-electron chi connectivity index (χ0n) is 11.9. The number of rotatable bonds is 2. The van der Waals surface area contributed by atoms with E-state index in [0.717, 1.165) is 26.7 Å². The SMILES string of the molecule is Cc1ccc(Oc2ccc(N)c3cc(Br)cnc23)c(C)c1. The first kappa shape index (κ1) is 13.9. The Hall–Kier alpha value is -2.07. The maximum atomic E-state index is 6.04. The highest BCUT2D eigenvalue weighted by atomic mass is 79.9. The molecule has 1 aromatic heterocycles. The van der Waals surface area contributed by atoms with Crippen LogP contribution in [0.4, 0.5) is 5.69 Å². The van der Waals surface area contributed by atoms with Gasteiger partial charge in [0.05, 0.1) is 0 Å². The molecular weight excluding hydrogens is 328 g/mol. The van der Waals surface area contributed by atoms with Crippen molar-refractivity contribution in [3.63, 3.8) is 0 Å². The van der Waals surface area contributed by atoms with E-state index < -0.39 is 0 Å². The van der Waals surface area contributed by atoms with Gasteiger partial charge in [-0.25, -0.2) is 0 Å². The average molecular weight is 343 g/mol. The number of hydrogen-bond acceptors (Lipinski definition) is 3. The molecule has 0 amide bonds. The van der Waals surface area contributed by atoms with E-state index in [1.54, 1.807) is 6.20 Å². The molecule has 4 heteroatoms. The van der Waals surface area contributed by atoms with Crippen LogP contribution in [0.5, 0.6) is 11.5 Å². The molecular formula is C17H15BrN2O. The number of ether oxygens (including phenoxy) is 1. The van der Waals surface area contributed by atoms with Crippen LogP contribution in [0, 0.1) is 13.8 Å². The summed E-state index contributed by atoms with van der Waals surface area (Å²) >= 11 is 3.42. The third kappa shape index (κ3) is 2.72. The van der Waals surface area contributed by atoms with Crippen LogP contribution in [-0.4, -0.2) is 4.98 Å². The molecule has 0 bridgehead atoms. The van der Waals surface area contributed by atoms with Crippen molar-refractivity contribution in [2.45, 2.75) is 13.8 Å². The molecule has 0 unspecified atom stereocenters. The lowest BCUT2D eigenvalue weighted by atomic mass is 10.1. The normalized spacial score (nSPS) is 10.8. The number of aromatic nitrogens is 1. The van der Waals surface area contributed by atoms with Gasteiger partial charge in [-0.15, -0.1) is 0 Å². The molecule has 0 spiro atoms. The van der Waals surface area contributed by atoms with Crippen molar-refractivity contribution in [1.29, 1.82) is 0 Å². The number of nitrogens with zero attached hydrogens (tertiary/aromatic N) is 1. The number of fused-ring (bicyclic) bond motifs is 1. The average Bonchev–Trinajstić information content (AvgIpc) is 2.45. The van der Waals surface area contributed by atoms with Crippen molar-refractivity contribution < 1.29 is 4.74 Å². The second-order valence-electron chi connectivity index (χ2n) is 5.07. The summed E-state index contributed by atoms with van der Waals surface area (Å²) in [6.45, 7) is 4.10. The second-order valence-corrected chi connectivity index (χ2v) is 5.99. The molecule has 0 aliphatic carbocycles. The van der Waals surface area contributed by atoms with Crippen LogP contribution in [0.3, 0.4) is 0 Å². The summed E-state index contributed by atoms with van der Waals surface area (Å²) < 4.78 is 6.93. The van der Waals surface area contributed by atoms with Crippen molar-refractivity contribution in [3.8, 4) is 11.5 Å². The fourth-order valence-corrected chi connectivity index (χ4v) is 2.64. The van der Waals surface area contributed by atoms with Crippen molar-refractivity contribution in [3.05, 3.63) is 58.2 Å². The van der Waals surface area contributed by atoms with Crippen molar-refractivity contribution in [2.75, 3.05) is 5.73 Å². The van der Waals surface area contributed by atoms with Gasteiger partial charge in [-0.2, -0.15) is 0 Å². The van der Waals surface area contributed by atoms with Crippen molar-refractivity contribution >= 4 is 32.5 Å². The Bertz CT molecular complexity index is 830. The van der Waals surface area contributed by atoms with Crippen LogP contribution in [0.1, 0.15) is 11.1 Å². The molecule has 3 nitrogen and oxygen atoms in total. The van der Waals surface area contributed by atoms with Crippen LogP contribution in [0.25, 0.3) is 10.9 Å². The summed E-state index contributed by atoms with van der Waals surface area (Å²) in [5.74, 6) is 1.54. The summed E-state index contributed by atoms with van der Waals surface area (Å²) in [4.78, 5) is 4.43. The standard InChI is InChI=1S/C17H15BrN2O/c1-10-3-5-15(11(2)7-10)21-16-6-4-14(19)13-8-12(18)9-20-17(13)16/h3-9H,19H2,1-2H3. The Kier molecular flexibility index (Phi) is 3.55. The molecule has 21 heavy (non-hydrogen) atoms. The lowest BCUT2D eigenvalue weighted by Crippen LogP contribution is -1.94. The summed E-state index contributed by atoms with van der Waals surface area (Å²) in [7, 11) is 0. The summed E-state index contributed by atoms with van der Waals surface area (Å²) in [5.41, 5.74) is 9.78. The number of nitrogen functional groups attached to an aromatic ring is 1. The summed E-state index contributed by atoms with van der Waals surface area (Å²) in [5, 5.41) is 0.881. The Labute approximate surface area is 131 Å². The number of benzene rings is 2. The van der Waals surface area contributed by atoms with Gasteiger partial charge in [-0.3, -0.25) is 4.98 Å². The van der Waals surface area contributed by atoms with Crippen LogP contribution >= 0.6 is 15.9 Å². The number of aryl methyl sites for hydroxylation is 2. The molecule has 0 fully saturated rings. The van der Waals surface area contributed by atoms with Gasteiger partial charge in [0.2, 0.25) is 0 Å². The first-order valence-corrected chi connectivity index (χ1v) is 7.43. The highest BCUT2D eigenvalue weighted by molar-refractivity contribution is 9.10. The van der Waals surface area contributed by atoms with Crippen molar-refractivity contribution in [1.82, 2.24) is 4.98 Å². The Morgan fingerprint density at radius 3 is 2.57 bits per heavy atom. The summed E-state index contributed by atoms with van der Waals surface area (Å²) in [6, 6.07) is 11.8. The largest absolute Gasteiger partial charge is 0.455 e. The Balaban J connectivity index is 2.11. The molecule has 3 rings (SSSR count). The maximum absolute atomic E-state index is 6.04. The molecule has 0 radical (unpaired) electrons. The van der Waals surface area contributed by atoms with Gasteiger partial charge in [0, 0.05) is 21.7 Å². The van der Waals surface area contributed by atoms with Gasteiger partial charge in [0.1, 0.15) is 11.3 Å². The quantitative estimate of drug-likeness (QED) is 0.667. The first-order valence-electron chi connectivity index (χ1n) is 6.63. The number of nitrogens with two attached hydrogens (primary N) is 1. The van der Waals surface area contributed by atoms with Crippen LogP contribution < -0.4 is 10.5 Å². The van der Waals surface area contributed by atoms with Crippen molar-refractivity contribution in [2.24, 2.45) is 0 Å². The number of hydrogen-bond donors (Lipinski definition) is 1. The molecule has 0 atom stereocenters. The maximum Gasteiger partial charge on any atom is 0.153 e. The lowest BCUT2D eigenvalue weighted by molar-refractivity contribution is 0.483. The molecule has 0 saturated heterocycles. The molecule has 0 aliphatic rings. The zero-order valence-corrected chi connectivity index (χ0v) is 13.4. The minimum absolute atomic E-state index is 0.687. The fourth-order valence-electron chi connectivity index (χ4n) is 2.30. The topological polar surface area (TPSA) is 48.1 Å². The third-order valence-electron chi connectivity index (χ3n) is 3.36. The predicted octanol–water partition coefficient (Wildman–Crippen LogP) is 4.99. The lowest BCUT2D eigenvalue weighted by Gasteiger charge is -2.12. The monoisotopic (exact) mass is 342 g/mol. The fraction of sp³-hybridized carbons (Fsp3) is 0.118. The minimum Gasteiger partial charge on any atom is -0.455 e. The van der Waals surface area contributed by atoms with Gasteiger partial charge in [0.25, 0.3) is 0 Å². The zero-order chi connectivity index (χ0) is 15.0. The van der Waals surface area contributed by atoms with E-state index in [2.05, 4.69) is 33.9 Å². The van der Waals surface area contributed by atoms with E-state index in [0.29, 0.717) is 11.4 Å². The van der Waals surface area contributed by atoms with Gasteiger partial charge >= 0.3 is 0 Å². The van der Waals surface area contributed by atoms with Gasteiger partial charge in [-0.1, -0.05) is 17.7 Å². The molecule has 3 aromatic rings. The minimum atomic E-state index is 0.687. The third-order valence-corrected chi connectivity index (χ3v) is 3.80. The van der Waals surface area contributed by atoms with E-state index in [1.807, 2.05) is 37.3 Å². The van der Waals surface area contributed by atoms with Crippen LogP contribution in [0.2, 0.25) is 0 Å². The molecule has 1 heterocycles. The van der Waals surface area contributed by atoms with E-state index in [-0.39, 0.29) is 0 Å². The van der Waals surface area contributed by atoms with Gasteiger partial charge in [0.15, 0.2) is 5.75 Å². The van der Waals surface area contributed by atoms with Crippen LogP contribution in [-0.2, 0) is 0 Å². The molecule has 0 aliphatic heterocycles. The number of anilines is 1. The molecule has 0 saturated carbocycles. The molecule has 2 N–H and O–H groups in total. The Morgan fingerprint density at radius 1 is 1.05 bits per heavy atom. The van der Waals surface area contributed by atoms with Gasteiger partial charge in [-0.05, 0) is 59.6 Å². The Morgan fingerprint density at radius 2 is 1.81 bits per heavy atom. The number of halogens is 1. The van der Waals surface area contributed by atoms with Gasteiger partial charge < -0.3 is 10.5 Å².